The van der Waals surface area contributed by atoms with Gasteiger partial charge in [0.2, 0.25) is 12.7 Å². The molecule has 7 nitrogen and oxygen atoms in total. The maximum absolute atomic E-state index is 12.8. The van der Waals surface area contributed by atoms with E-state index in [2.05, 4.69) is 10.2 Å². The number of pyridine rings is 1. The molecule has 28 heavy (non-hydrogen) atoms. The summed E-state index contributed by atoms with van der Waals surface area (Å²) in [6.45, 7) is 1.78. The van der Waals surface area contributed by atoms with Gasteiger partial charge in [-0.2, -0.15) is 0 Å². The smallest absolute Gasteiger partial charge is 0.231 e. The molecule has 0 radical (unpaired) electrons. The minimum atomic E-state index is 0.191. The Bertz CT molecular complexity index is 1020. The van der Waals surface area contributed by atoms with Crippen LogP contribution in [0, 0.1) is 0 Å². The molecule has 5 rings (SSSR count). The molecule has 1 saturated heterocycles. The molecule has 0 bridgehead atoms. The summed E-state index contributed by atoms with van der Waals surface area (Å²) < 4.78 is 12.8. The number of hydrogen-bond acceptors (Lipinski definition) is 5. The highest BCUT2D eigenvalue weighted by Gasteiger charge is 2.27. The van der Waals surface area contributed by atoms with E-state index in [-0.39, 0.29) is 18.6 Å². The number of nitrogens with zero attached hydrogens (tertiary/aromatic N) is 4. The molecular weight excluding hydrogens is 356 g/mol. The van der Waals surface area contributed by atoms with Crippen LogP contribution in [0.25, 0.3) is 5.65 Å². The Morgan fingerprint density at radius 3 is 3.04 bits per heavy atom. The number of hydrogen-bond donors (Lipinski definition) is 0. The van der Waals surface area contributed by atoms with Crippen molar-refractivity contribution in [1.82, 2.24) is 19.5 Å². The lowest BCUT2D eigenvalue weighted by molar-refractivity contribution is -0.132. The van der Waals surface area contributed by atoms with E-state index in [1.807, 2.05) is 51.9 Å². The fraction of sp³-hybridized carbons (Fsp3) is 0.381. The zero-order valence-corrected chi connectivity index (χ0v) is 15.6. The first kappa shape index (κ1) is 17.0. The fourth-order valence-electron chi connectivity index (χ4n) is 4.06. The third-order valence-corrected chi connectivity index (χ3v) is 5.54. The molecular formula is C21H22N4O3. The summed E-state index contributed by atoms with van der Waals surface area (Å²) in [5.74, 6) is 2.90. The summed E-state index contributed by atoms with van der Waals surface area (Å²) in [5, 5.41) is 8.64. The molecule has 1 amide bonds. The Morgan fingerprint density at radius 2 is 2.07 bits per heavy atom. The van der Waals surface area contributed by atoms with Crippen molar-refractivity contribution in [1.29, 1.82) is 0 Å². The Morgan fingerprint density at radius 1 is 1.14 bits per heavy atom. The first-order valence-electron chi connectivity index (χ1n) is 9.74. The molecule has 144 valence electrons. The molecule has 7 heteroatoms. The first-order valence-corrected chi connectivity index (χ1v) is 9.74. The van der Waals surface area contributed by atoms with Crippen molar-refractivity contribution < 1.29 is 14.3 Å². The lowest BCUT2D eigenvalue weighted by Gasteiger charge is -2.32. The molecule has 1 fully saturated rings. The number of ether oxygens (including phenoxy) is 2. The lowest BCUT2D eigenvalue weighted by Crippen LogP contribution is -2.39. The number of rotatable bonds is 4. The minimum absolute atomic E-state index is 0.191. The van der Waals surface area contributed by atoms with E-state index in [4.69, 9.17) is 9.47 Å². The summed E-state index contributed by atoms with van der Waals surface area (Å²) in [4.78, 5) is 14.8. The largest absolute Gasteiger partial charge is 0.454 e. The third kappa shape index (κ3) is 3.17. The quantitative estimate of drug-likeness (QED) is 0.698. The van der Waals surface area contributed by atoms with E-state index in [0.717, 1.165) is 47.9 Å². The molecule has 2 aliphatic heterocycles. The van der Waals surface area contributed by atoms with Crippen LogP contribution in [-0.2, 0) is 11.2 Å². The minimum Gasteiger partial charge on any atom is -0.454 e. The average Bonchev–Trinajstić information content (AvgIpc) is 3.38. The van der Waals surface area contributed by atoms with E-state index in [1.165, 1.54) is 0 Å². The van der Waals surface area contributed by atoms with Gasteiger partial charge in [0.05, 0.1) is 0 Å². The molecule has 0 saturated carbocycles. The van der Waals surface area contributed by atoms with Crippen LogP contribution in [0.1, 0.15) is 36.6 Å². The Hall–Kier alpha value is -3.09. The second kappa shape index (κ2) is 7.14. The molecule has 0 N–H and O–H groups in total. The molecule has 0 aliphatic carbocycles. The molecule has 3 aromatic rings. The van der Waals surface area contributed by atoms with Gasteiger partial charge in [0, 0.05) is 31.6 Å². The monoisotopic (exact) mass is 378 g/mol. The Balaban J connectivity index is 1.24. The number of aryl methyl sites for hydroxylation is 1. The fourth-order valence-corrected chi connectivity index (χ4v) is 4.06. The van der Waals surface area contributed by atoms with E-state index >= 15 is 0 Å². The van der Waals surface area contributed by atoms with Crippen molar-refractivity contribution in [3.63, 3.8) is 0 Å². The zero-order chi connectivity index (χ0) is 18.9. The zero-order valence-electron chi connectivity index (χ0n) is 15.6. The van der Waals surface area contributed by atoms with E-state index in [1.54, 1.807) is 0 Å². The molecule has 2 aliphatic rings. The molecule has 0 spiro atoms. The lowest BCUT2D eigenvalue weighted by atomic mass is 9.96. The Kier molecular flexibility index (Phi) is 4.35. The summed E-state index contributed by atoms with van der Waals surface area (Å²) >= 11 is 0. The topological polar surface area (TPSA) is 69.0 Å². The van der Waals surface area contributed by atoms with Crippen molar-refractivity contribution in [2.45, 2.75) is 31.6 Å². The van der Waals surface area contributed by atoms with E-state index in [9.17, 15) is 4.79 Å². The number of carbonyl (C=O) groups excluding carboxylic acids is 1. The highest BCUT2D eigenvalue weighted by atomic mass is 16.7. The van der Waals surface area contributed by atoms with E-state index in [0.29, 0.717) is 19.4 Å². The standard InChI is InChI=1S/C21H22N4O3/c26-20(9-7-15-6-8-17-18(12-15)28-14-27-17)24-10-3-4-16(13-24)21-23-22-19-5-1-2-11-25(19)21/h1-2,5-6,8,11-12,16H,3-4,7,9-10,13-14H2/t16-/m0/s1. The molecule has 1 atom stereocenters. The van der Waals surface area contributed by atoms with Gasteiger partial charge in [-0.05, 0) is 49.1 Å². The number of piperidine rings is 1. The van der Waals surface area contributed by atoms with Crippen molar-refractivity contribution >= 4 is 11.6 Å². The third-order valence-electron chi connectivity index (χ3n) is 5.54. The SMILES string of the molecule is O=C(CCc1ccc2c(c1)OCO2)N1CCC[C@H](c2nnc3ccccn23)C1. The van der Waals surface area contributed by atoms with Gasteiger partial charge in [-0.25, -0.2) is 0 Å². The highest BCUT2D eigenvalue weighted by molar-refractivity contribution is 5.76. The number of carbonyl (C=O) groups is 1. The summed E-state index contributed by atoms with van der Waals surface area (Å²) in [7, 11) is 0. The average molecular weight is 378 g/mol. The van der Waals surface area contributed by atoms with E-state index < -0.39 is 0 Å². The van der Waals surface area contributed by atoms with Gasteiger partial charge in [-0.3, -0.25) is 9.20 Å². The second-order valence-corrected chi connectivity index (χ2v) is 7.35. The predicted octanol–water partition coefficient (Wildman–Crippen LogP) is 2.80. The van der Waals surface area contributed by atoms with Crippen LogP contribution in [-0.4, -0.2) is 45.3 Å². The number of fused-ring (bicyclic) bond motifs is 2. The van der Waals surface area contributed by atoms with Gasteiger partial charge >= 0.3 is 0 Å². The molecule has 2 aromatic heterocycles. The number of amides is 1. The predicted molar refractivity (Wildman–Crippen MR) is 102 cm³/mol. The van der Waals surface area contributed by atoms with Crippen LogP contribution >= 0.6 is 0 Å². The van der Waals surface area contributed by atoms with Crippen molar-refractivity contribution in [2.24, 2.45) is 0 Å². The van der Waals surface area contributed by atoms with Crippen LogP contribution in [0.2, 0.25) is 0 Å². The summed E-state index contributed by atoms with van der Waals surface area (Å²) in [6, 6.07) is 11.8. The van der Waals surface area contributed by atoms with Crippen LogP contribution in [0.5, 0.6) is 11.5 Å². The van der Waals surface area contributed by atoms with Gasteiger partial charge in [0.15, 0.2) is 17.1 Å². The van der Waals surface area contributed by atoms with Crippen molar-refractivity contribution in [3.8, 4) is 11.5 Å². The normalized spacial score (nSPS) is 18.6. The van der Waals surface area contributed by atoms with Gasteiger partial charge in [0.1, 0.15) is 5.82 Å². The second-order valence-electron chi connectivity index (χ2n) is 7.35. The van der Waals surface area contributed by atoms with Crippen LogP contribution in [0.4, 0.5) is 0 Å². The molecule has 0 unspecified atom stereocenters. The van der Waals surface area contributed by atoms with Gasteiger partial charge < -0.3 is 14.4 Å². The van der Waals surface area contributed by atoms with Gasteiger partial charge in [0.25, 0.3) is 0 Å². The number of likely N-dealkylation sites (tertiary alicyclic amines) is 1. The van der Waals surface area contributed by atoms with Gasteiger partial charge in [-0.15, -0.1) is 10.2 Å². The van der Waals surface area contributed by atoms with Crippen LogP contribution in [0.3, 0.4) is 0 Å². The van der Waals surface area contributed by atoms with Crippen molar-refractivity contribution in [3.05, 3.63) is 54.0 Å². The van der Waals surface area contributed by atoms with Crippen molar-refractivity contribution in [2.75, 3.05) is 19.9 Å². The first-order chi connectivity index (χ1) is 13.8. The number of benzene rings is 1. The van der Waals surface area contributed by atoms with Gasteiger partial charge in [-0.1, -0.05) is 12.1 Å². The maximum Gasteiger partial charge on any atom is 0.231 e. The van der Waals surface area contributed by atoms with Crippen LogP contribution in [0.15, 0.2) is 42.6 Å². The summed E-state index contributed by atoms with van der Waals surface area (Å²) in [6.07, 6.45) is 5.20. The Labute approximate surface area is 162 Å². The highest BCUT2D eigenvalue weighted by Crippen LogP contribution is 2.33. The number of aromatic nitrogens is 3. The molecule has 4 heterocycles. The molecule has 1 aromatic carbocycles. The van der Waals surface area contributed by atoms with Crippen LogP contribution < -0.4 is 9.47 Å². The maximum atomic E-state index is 12.8. The summed E-state index contributed by atoms with van der Waals surface area (Å²) in [5.41, 5.74) is 1.94.